The van der Waals surface area contributed by atoms with Crippen LogP contribution in [0, 0.1) is 17.8 Å². The number of furan rings is 1. The lowest BCUT2D eigenvalue weighted by Crippen LogP contribution is -2.35. The van der Waals surface area contributed by atoms with E-state index in [1.165, 1.54) is 25.7 Å². The Kier molecular flexibility index (Phi) is 3.31. The molecular weight excluding hydrogens is 278 g/mol. The molecule has 4 unspecified atom stereocenters. The van der Waals surface area contributed by atoms with E-state index in [9.17, 15) is 0 Å². The quantitative estimate of drug-likeness (QED) is 0.910. The van der Waals surface area contributed by atoms with Crippen LogP contribution in [0.15, 0.2) is 21.2 Å². The van der Waals surface area contributed by atoms with E-state index in [1.807, 2.05) is 12.1 Å². The Labute approximate surface area is 111 Å². The fraction of sp³-hybridized carbons (Fsp3) is 0.714. The molecule has 1 aromatic heterocycles. The third-order valence-electron chi connectivity index (χ3n) is 4.66. The van der Waals surface area contributed by atoms with Gasteiger partial charge < -0.3 is 9.73 Å². The van der Waals surface area contributed by atoms with Crippen molar-refractivity contribution in [1.82, 2.24) is 5.32 Å². The number of halogens is 1. The Morgan fingerprint density at radius 2 is 2.29 bits per heavy atom. The first-order chi connectivity index (χ1) is 8.22. The highest BCUT2D eigenvalue weighted by Gasteiger charge is 2.41. The van der Waals surface area contributed by atoms with Gasteiger partial charge in [0.15, 0.2) is 4.67 Å². The molecule has 2 aliphatic carbocycles. The Morgan fingerprint density at radius 3 is 2.88 bits per heavy atom. The van der Waals surface area contributed by atoms with Crippen molar-refractivity contribution in [2.45, 2.75) is 45.2 Å². The Hall–Kier alpha value is -0.280. The van der Waals surface area contributed by atoms with Crippen LogP contribution >= 0.6 is 15.9 Å². The zero-order chi connectivity index (χ0) is 11.8. The first-order valence-electron chi connectivity index (χ1n) is 6.70. The number of hydrogen-bond acceptors (Lipinski definition) is 2. The van der Waals surface area contributed by atoms with Gasteiger partial charge in [0.1, 0.15) is 5.76 Å². The van der Waals surface area contributed by atoms with Crippen molar-refractivity contribution in [3.8, 4) is 0 Å². The third-order valence-corrected chi connectivity index (χ3v) is 5.09. The van der Waals surface area contributed by atoms with E-state index in [2.05, 4.69) is 28.2 Å². The van der Waals surface area contributed by atoms with Gasteiger partial charge in [-0.3, -0.25) is 0 Å². The van der Waals surface area contributed by atoms with Crippen LogP contribution in [0.2, 0.25) is 0 Å². The van der Waals surface area contributed by atoms with Crippen LogP contribution in [-0.4, -0.2) is 6.04 Å². The molecule has 2 saturated carbocycles. The summed E-state index contributed by atoms with van der Waals surface area (Å²) in [5, 5.41) is 3.62. The van der Waals surface area contributed by atoms with E-state index in [-0.39, 0.29) is 0 Å². The van der Waals surface area contributed by atoms with Crippen LogP contribution in [-0.2, 0) is 6.54 Å². The summed E-state index contributed by atoms with van der Waals surface area (Å²) in [6.45, 7) is 3.18. The first-order valence-corrected chi connectivity index (χ1v) is 7.49. The molecule has 2 nitrogen and oxygen atoms in total. The Morgan fingerprint density at radius 1 is 1.41 bits per heavy atom. The molecule has 3 rings (SSSR count). The lowest BCUT2D eigenvalue weighted by Gasteiger charge is -2.28. The van der Waals surface area contributed by atoms with Crippen LogP contribution in [0.3, 0.4) is 0 Å². The molecule has 1 N–H and O–H groups in total. The fourth-order valence-electron chi connectivity index (χ4n) is 3.77. The molecule has 94 valence electrons. The van der Waals surface area contributed by atoms with Crippen molar-refractivity contribution in [3.63, 3.8) is 0 Å². The maximum atomic E-state index is 5.51. The van der Waals surface area contributed by atoms with Crippen LogP contribution in [0.4, 0.5) is 0 Å². The molecule has 2 bridgehead atoms. The maximum Gasteiger partial charge on any atom is 0.169 e. The molecule has 17 heavy (non-hydrogen) atoms. The number of fused-ring (bicyclic) bond motifs is 2. The molecule has 0 spiro atoms. The molecule has 0 radical (unpaired) electrons. The van der Waals surface area contributed by atoms with E-state index in [1.54, 1.807) is 0 Å². The molecule has 1 aromatic rings. The molecule has 0 aromatic carbocycles. The minimum Gasteiger partial charge on any atom is -0.453 e. The minimum atomic E-state index is 0.620. The highest BCUT2D eigenvalue weighted by atomic mass is 79.9. The molecule has 3 heteroatoms. The topological polar surface area (TPSA) is 25.2 Å². The van der Waals surface area contributed by atoms with Crippen molar-refractivity contribution in [2.24, 2.45) is 17.8 Å². The molecule has 4 atom stereocenters. The summed E-state index contributed by atoms with van der Waals surface area (Å²) in [6, 6.07) is 4.61. The van der Waals surface area contributed by atoms with Gasteiger partial charge in [0.05, 0.1) is 6.54 Å². The number of rotatable bonds is 4. The van der Waals surface area contributed by atoms with Crippen molar-refractivity contribution >= 4 is 15.9 Å². The molecule has 2 aliphatic rings. The van der Waals surface area contributed by atoms with Gasteiger partial charge in [-0.25, -0.2) is 0 Å². The molecule has 0 aliphatic heterocycles. The third kappa shape index (κ3) is 2.45. The lowest BCUT2D eigenvalue weighted by molar-refractivity contribution is 0.255. The average Bonchev–Trinajstić information content (AvgIpc) is 3.01. The summed E-state index contributed by atoms with van der Waals surface area (Å²) in [6.07, 6.45) is 5.89. The average molecular weight is 298 g/mol. The lowest BCUT2D eigenvalue weighted by atomic mass is 9.84. The standard InChI is InChI=1S/C14H20BrNO/c1-9(13-7-10-2-3-11(13)6-10)16-8-12-4-5-14(15)17-12/h4-5,9-11,13,16H,2-3,6-8H2,1H3. The second-order valence-corrected chi connectivity index (χ2v) is 6.50. The van der Waals surface area contributed by atoms with Gasteiger partial charge in [-0.1, -0.05) is 6.42 Å². The Balaban J connectivity index is 1.52. The van der Waals surface area contributed by atoms with E-state index >= 15 is 0 Å². The van der Waals surface area contributed by atoms with Crippen LogP contribution in [0.1, 0.15) is 38.4 Å². The van der Waals surface area contributed by atoms with Gasteiger partial charge in [0, 0.05) is 6.04 Å². The van der Waals surface area contributed by atoms with Crippen molar-refractivity contribution < 1.29 is 4.42 Å². The normalized spacial score (nSPS) is 33.2. The predicted molar refractivity (Wildman–Crippen MR) is 71.6 cm³/mol. The largest absolute Gasteiger partial charge is 0.453 e. The summed E-state index contributed by atoms with van der Waals surface area (Å²) in [4.78, 5) is 0. The zero-order valence-corrected chi connectivity index (χ0v) is 11.9. The summed E-state index contributed by atoms with van der Waals surface area (Å²) in [5.41, 5.74) is 0. The van der Waals surface area contributed by atoms with Gasteiger partial charge >= 0.3 is 0 Å². The van der Waals surface area contributed by atoms with E-state index in [0.29, 0.717) is 6.04 Å². The van der Waals surface area contributed by atoms with Gasteiger partial charge in [0.2, 0.25) is 0 Å². The molecule has 1 heterocycles. The molecule has 2 fully saturated rings. The monoisotopic (exact) mass is 297 g/mol. The van der Waals surface area contributed by atoms with E-state index in [0.717, 1.165) is 34.7 Å². The van der Waals surface area contributed by atoms with Gasteiger partial charge in [-0.15, -0.1) is 0 Å². The van der Waals surface area contributed by atoms with Crippen molar-refractivity contribution in [2.75, 3.05) is 0 Å². The van der Waals surface area contributed by atoms with E-state index in [4.69, 9.17) is 4.42 Å². The Bertz CT molecular complexity index is 389. The number of nitrogens with one attached hydrogen (secondary N) is 1. The summed E-state index contributed by atoms with van der Waals surface area (Å²) < 4.78 is 6.33. The smallest absolute Gasteiger partial charge is 0.169 e. The fourth-order valence-corrected chi connectivity index (χ4v) is 4.11. The molecule has 0 saturated heterocycles. The van der Waals surface area contributed by atoms with Crippen LogP contribution in [0.5, 0.6) is 0 Å². The highest BCUT2D eigenvalue weighted by molar-refractivity contribution is 9.10. The van der Waals surface area contributed by atoms with E-state index < -0.39 is 0 Å². The molecular formula is C14H20BrNO. The second-order valence-electron chi connectivity index (χ2n) is 5.71. The highest BCUT2D eigenvalue weighted by Crippen LogP contribution is 2.49. The summed E-state index contributed by atoms with van der Waals surface area (Å²) in [5.74, 6) is 3.94. The van der Waals surface area contributed by atoms with Crippen molar-refractivity contribution in [1.29, 1.82) is 0 Å². The van der Waals surface area contributed by atoms with Gasteiger partial charge in [0.25, 0.3) is 0 Å². The maximum absolute atomic E-state index is 5.51. The molecule has 0 amide bonds. The summed E-state index contributed by atoms with van der Waals surface area (Å²) in [7, 11) is 0. The SMILES string of the molecule is CC(NCc1ccc(Br)o1)C1CC2CCC1C2. The van der Waals surface area contributed by atoms with Crippen molar-refractivity contribution in [3.05, 3.63) is 22.6 Å². The predicted octanol–water partition coefficient (Wildman–Crippen LogP) is 3.96. The second kappa shape index (κ2) is 4.77. The van der Waals surface area contributed by atoms with Crippen LogP contribution < -0.4 is 5.32 Å². The van der Waals surface area contributed by atoms with Crippen LogP contribution in [0.25, 0.3) is 0 Å². The first kappa shape index (κ1) is 11.8. The zero-order valence-electron chi connectivity index (χ0n) is 10.3. The minimum absolute atomic E-state index is 0.620. The van der Waals surface area contributed by atoms with Gasteiger partial charge in [-0.2, -0.15) is 0 Å². The van der Waals surface area contributed by atoms with Gasteiger partial charge in [-0.05, 0) is 72.0 Å². The number of hydrogen-bond donors (Lipinski definition) is 1. The summed E-state index contributed by atoms with van der Waals surface area (Å²) >= 11 is 3.34.